The van der Waals surface area contributed by atoms with E-state index in [9.17, 15) is 30.3 Å². The molecule has 1 aliphatic rings. The van der Waals surface area contributed by atoms with Gasteiger partial charge in [-0.25, -0.2) is 0 Å². The first-order chi connectivity index (χ1) is 10.4. The topological polar surface area (TPSA) is 139 Å². The maximum atomic E-state index is 12.1. The first-order valence-electron chi connectivity index (χ1n) is 6.72. The molecule has 22 heavy (non-hydrogen) atoms. The Morgan fingerprint density at radius 2 is 1.36 bits per heavy atom. The van der Waals surface area contributed by atoms with Gasteiger partial charge in [0.25, 0.3) is 5.91 Å². The third-order valence-electron chi connectivity index (χ3n) is 3.79. The van der Waals surface area contributed by atoms with Crippen molar-refractivity contribution >= 4 is 5.91 Å². The fourth-order valence-electron chi connectivity index (χ4n) is 2.38. The van der Waals surface area contributed by atoms with Gasteiger partial charge in [-0.3, -0.25) is 4.79 Å². The second kappa shape index (κ2) is 6.59. The van der Waals surface area contributed by atoms with Gasteiger partial charge in [-0.1, -0.05) is 0 Å². The number of aliphatic hydroxyl groups is 5. The summed E-state index contributed by atoms with van der Waals surface area (Å²) in [5, 5.41) is 50.8. The first-order valence-corrected chi connectivity index (χ1v) is 6.72. The van der Waals surface area contributed by atoms with Crippen LogP contribution in [-0.4, -0.2) is 75.1 Å². The van der Waals surface area contributed by atoms with E-state index in [2.05, 4.69) is 5.32 Å². The van der Waals surface area contributed by atoms with Gasteiger partial charge < -0.3 is 35.6 Å². The van der Waals surface area contributed by atoms with Crippen molar-refractivity contribution in [3.8, 4) is 5.75 Å². The van der Waals surface area contributed by atoms with Crippen molar-refractivity contribution in [3.05, 3.63) is 29.8 Å². The zero-order valence-corrected chi connectivity index (χ0v) is 11.8. The number of rotatable bonds is 3. The van der Waals surface area contributed by atoms with E-state index in [1.807, 2.05) is 0 Å². The van der Waals surface area contributed by atoms with Crippen LogP contribution in [-0.2, 0) is 0 Å². The monoisotopic (exact) mass is 313 g/mol. The van der Waals surface area contributed by atoms with Gasteiger partial charge in [0.15, 0.2) is 0 Å². The molecule has 0 bridgehead atoms. The molecule has 0 aliphatic heterocycles. The van der Waals surface area contributed by atoms with Crippen LogP contribution in [0.2, 0.25) is 0 Å². The number of carbonyl (C=O) groups is 1. The number of hydrogen-bond acceptors (Lipinski definition) is 7. The molecular formula is C14H19NO7. The quantitative estimate of drug-likeness (QED) is 0.366. The second-order valence-corrected chi connectivity index (χ2v) is 5.18. The van der Waals surface area contributed by atoms with E-state index in [0.29, 0.717) is 5.75 Å². The Hall–Kier alpha value is -1.71. The average molecular weight is 313 g/mol. The normalized spacial score (nSPS) is 35.0. The van der Waals surface area contributed by atoms with Gasteiger partial charge in [-0.2, -0.15) is 0 Å². The van der Waals surface area contributed by atoms with Gasteiger partial charge >= 0.3 is 0 Å². The number of carbonyl (C=O) groups excluding carboxylic acids is 1. The predicted octanol–water partition coefficient (Wildman–Crippen LogP) is -2.39. The maximum Gasteiger partial charge on any atom is 0.251 e. The summed E-state index contributed by atoms with van der Waals surface area (Å²) in [6.07, 6.45) is -8.29. The molecule has 8 heteroatoms. The molecule has 1 fully saturated rings. The van der Waals surface area contributed by atoms with Gasteiger partial charge in [-0.15, -0.1) is 0 Å². The Morgan fingerprint density at radius 3 is 1.82 bits per heavy atom. The Balaban J connectivity index is 2.12. The Kier molecular flexibility index (Phi) is 4.99. The highest BCUT2D eigenvalue weighted by molar-refractivity contribution is 5.94. The number of aliphatic hydroxyl groups excluding tert-OH is 5. The lowest BCUT2D eigenvalue weighted by molar-refractivity contribution is -0.188. The average Bonchev–Trinajstić information content (AvgIpc) is 2.55. The molecule has 0 saturated heterocycles. The molecule has 0 radical (unpaired) electrons. The molecule has 8 nitrogen and oxygen atoms in total. The molecule has 6 atom stereocenters. The van der Waals surface area contributed by atoms with E-state index in [1.165, 1.54) is 19.2 Å². The molecular weight excluding hydrogens is 294 g/mol. The van der Waals surface area contributed by atoms with Crippen LogP contribution >= 0.6 is 0 Å². The lowest BCUT2D eigenvalue weighted by Crippen LogP contribution is -2.68. The SMILES string of the molecule is COc1ccc(C(=O)NC2[C@H](O)[C@H](O)C(O)[C@H](O)[C@H]2O)cc1. The van der Waals surface area contributed by atoms with Crippen LogP contribution in [0.3, 0.4) is 0 Å². The number of benzene rings is 1. The summed E-state index contributed by atoms with van der Waals surface area (Å²) >= 11 is 0. The molecule has 122 valence electrons. The van der Waals surface area contributed by atoms with Crippen molar-refractivity contribution in [1.29, 1.82) is 0 Å². The summed E-state index contributed by atoms with van der Waals surface area (Å²) in [6.45, 7) is 0. The molecule has 1 aromatic carbocycles. The summed E-state index contributed by atoms with van der Waals surface area (Å²) < 4.78 is 4.97. The number of hydrogen-bond donors (Lipinski definition) is 6. The minimum Gasteiger partial charge on any atom is -0.497 e. The van der Waals surface area contributed by atoms with Crippen LogP contribution in [0.25, 0.3) is 0 Å². The summed E-state index contributed by atoms with van der Waals surface area (Å²) in [5.74, 6) is -0.0511. The van der Waals surface area contributed by atoms with Gasteiger partial charge in [0.05, 0.1) is 13.2 Å². The zero-order chi connectivity index (χ0) is 16.4. The number of amides is 1. The van der Waals surface area contributed by atoms with Crippen LogP contribution in [0.4, 0.5) is 0 Å². The first kappa shape index (κ1) is 16.7. The van der Waals surface area contributed by atoms with Crippen LogP contribution < -0.4 is 10.1 Å². The molecule has 2 rings (SSSR count). The van der Waals surface area contributed by atoms with E-state index < -0.39 is 42.5 Å². The fraction of sp³-hybridized carbons (Fsp3) is 0.500. The standard InChI is InChI=1S/C14H19NO7/c1-22-7-4-2-6(3-5-7)14(21)15-8-9(16)11(18)13(20)12(19)10(8)17/h2-5,8-13,16-20H,1H3,(H,15,21)/t8?,9-,10-,11-,12+,13?/m0/s1. The predicted molar refractivity (Wildman–Crippen MR) is 74.3 cm³/mol. The molecule has 2 unspecified atom stereocenters. The highest BCUT2D eigenvalue weighted by Gasteiger charge is 2.48. The number of nitrogens with one attached hydrogen (secondary N) is 1. The highest BCUT2D eigenvalue weighted by Crippen LogP contribution is 2.22. The maximum absolute atomic E-state index is 12.1. The summed E-state index contributed by atoms with van der Waals surface area (Å²) in [6, 6.07) is 4.78. The Bertz CT molecular complexity index is 504. The summed E-state index contributed by atoms with van der Waals surface area (Å²) in [5.41, 5.74) is 0.246. The van der Waals surface area contributed by atoms with Crippen molar-refractivity contribution < 1.29 is 35.1 Å². The van der Waals surface area contributed by atoms with Crippen LogP contribution in [0.5, 0.6) is 5.75 Å². The van der Waals surface area contributed by atoms with E-state index in [4.69, 9.17) is 4.74 Å². The zero-order valence-electron chi connectivity index (χ0n) is 11.8. The smallest absolute Gasteiger partial charge is 0.251 e. The number of ether oxygens (including phenoxy) is 1. The van der Waals surface area contributed by atoms with Gasteiger partial charge in [-0.05, 0) is 24.3 Å². The molecule has 6 N–H and O–H groups in total. The van der Waals surface area contributed by atoms with Crippen molar-refractivity contribution in [3.63, 3.8) is 0 Å². The molecule has 1 aliphatic carbocycles. The fourth-order valence-corrected chi connectivity index (χ4v) is 2.38. The second-order valence-electron chi connectivity index (χ2n) is 5.18. The Labute approximate surface area is 126 Å². The van der Waals surface area contributed by atoms with Crippen LogP contribution in [0.1, 0.15) is 10.4 Å². The molecule has 1 saturated carbocycles. The Morgan fingerprint density at radius 1 is 0.909 bits per heavy atom. The lowest BCUT2D eigenvalue weighted by Gasteiger charge is -2.42. The van der Waals surface area contributed by atoms with Gasteiger partial charge in [0, 0.05) is 5.56 Å². The van der Waals surface area contributed by atoms with E-state index >= 15 is 0 Å². The molecule has 1 amide bonds. The minimum absolute atomic E-state index is 0.246. The van der Waals surface area contributed by atoms with Gasteiger partial charge in [0.2, 0.25) is 0 Å². The van der Waals surface area contributed by atoms with Crippen LogP contribution in [0, 0.1) is 0 Å². The third-order valence-corrected chi connectivity index (χ3v) is 3.79. The van der Waals surface area contributed by atoms with Crippen molar-refractivity contribution in [2.24, 2.45) is 0 Å². The summed E-state index contributed by atoms with van der Waals surface area (Å²) in [4.78, 5) is 12.1. The van der Waals surface area contributed by atoms with Gasteiger partial charge in [0.1, 0.15) is 36.3 Å². The van der Waals surface area contributed by atoms with Crippen molar-refractivity contribution in [2.45, 2.75) is 36.6 Å². The lowest BCUT2D eigenvalue weighted by atomic mass is 9.83. The molecule has 0 heterocycles. The van der Waals surface area contributed by atoms with E-state index in [1.54, 1.807) is 12.1 Å². The summed E-state index contributed by atoms with van der Waals surface area (Å²) in [7, 11) is 1.48. The molecule has 0 aromatic heterocycles. The van der Waals surface area contributed by atoms with Crippen LogP contribution in [0.15, 0.2) is 24.3 Å². The van der Waals surface area contributed by atoms with E-state index in [0.717, 1.165) is 0 Å². The number of methoxy groups -OCH3 is 1. The van der Waals surface area contributed by atoms with Crippen molar-refractivity contribution in [1.82, 2.24) is 5.32 Å². The largest absolute Gasteiger partial charge is 0.497 e. The minimum atomic E-state index is -1.70. The van der Waals surface area contributed by atoms with E-state index in [-0.39, 0.29) is 5.56 Å². The van der Waals surface area contributed by atoms with Crippen molar-refractivity contribution in [2.75, 3.05) is 7.11 Å². The molecule has 0 spiro atoms. The highest BCUT2D eigenvalue weighted by atomic mass is 16.5. The molecule has 1 aromatic rings. The third kappa shape index (κ3) is 3.06.